The minimum atomic E-state index is -0.237. The molecule has 1 aromatic rings. The lowest BCUT2D eigenvalue weighted by molar-refractivity contribution is 0.180. The zero-order valence-corrected chi connectivity index (χ0v) is 19.1. The number of ether oxygens (including phenoxy) is 1. The quantitative estimate of drug-likeness (QED) is 0.211. The number of methoxy groups -OCH3 is 1. The topological polar surface area (TPSA) is 48.9 Å². The Balaban J connectivity index is 0.00000576. The van der Waals surface area contributed by atoms with E-state index in [1.807, 2.05) is 6.07 Å². The lowest BCUT2D eigenvalue weighted by Gasteiger charge is -2.18. The summed E-state index contributed by atoms with van der Waals surface area (Å²) in [6.07, 6.45) is 1.84. The van der Waals surface area contributed by atoms with Crippen molar-refractivity contribution in [3.05, 3.63) is 34.1 Å². The minimum Gasteiger partial charge on any atom is -0.385 e. The first-order valence-electron chi connectivity index (χ1n) is 8.12. The van der Waals surface area contributed by atoms with Crippen LogP contribution in [0.15, 0.2) is 27.7 Å². The third-order valence-corrected chi connectivity index (χ3v) is 4.20. The number of hydrogen-bond donors (Lipinski definition) is 2. The van der Waals surface area contributed by atoms with Crippen LogP contribution in [-0.4, -0.2) is 64.9 Å². The van der Waals surface area contributed by atoms with E-state index in [0.29, 0.717) is 4.47 Å². The molecular weight excluding hydrogens is 502 g/mol. The van der Waals surface area contributed by atoms with E-state index in [1.165, 1.54) is 6.07 Å². The Hall–Kier alpha value is -0.450. The average molecular weight is 531 g/mol. The van der Waals surface area contributed by atoms with Gasteiger partial charge in [-0.1, -0.05) is 6.07 Å². The van der Waals surface area contributed by atoms with Gasteiger partial charge in [0.25, 0.3) is 0 Å². The first-order valence-corrected chi connectivity index (χ1v) is 8.92. The van der Waals surface area contributed by atoms with E-state index in [2.05, 4.69) is 43.5 Å². The smallest absolute Gasteiger partial charge is 0.191 e. The Kier molecular flexibility index (Phi) is 14.4. The second-order valence-electron chi connectivity index (χ2n) is 5.57. The van der Waals surface area contributed by atoms with Crippen LogP contribution < -0.4 is 10.6 Å². The largest absolute Gasteiger partial charge is 0.385 e. The van der Waals surface area contributed by atoms with Crippen LogP contribution in [0, 0.1) is 5.82 Å². The summed E-state index contributed by atoms with van der Waals surface area (Å²) in [4.78, 5) is 6.47. The summed E-state index contributed by atoms with van der Waals surface area (Å²) in [5, 5.41) is 6.56. The van der Waals surface area contributed by atoms with Crippen molar-refractivity contribution in [2.45, 2.75) is 12.8 Å². The van der Waals surface area contributed by atoms with Gasteiger partial charge in [0, 0.05) is 46.9 Å². The van der Waals surface area contributed by atoms with Crippen LogP contribution >= 0.6 is 39.9 Å². The van der Waals surface area contributed by atoms with E-state index in [0.717, 1.165) is 57.2 Å². The summed E-state index contributed by atoms with van der Waals surface area (Å²) >= 11 is 3.21. The molecule has 5 nitrogen and oxygen atoms in total. The van der Waals surface area contributed by atoms with Gasteiger partial charge < -0.3 is 20.3 Å². The number of guanidine groups is 1. The Morgan fingerprint density at radius 2 is 2.00 bits per heavy atom. The van der Waals surface area contributed by atoms with E-state index >= 15 is 0 Å². The first-order chi connectivity index (χ1) is 11.6. The summed E-state index contributed by atoms with van der Waals surface area (Å²) in [6.45, 7) is 4.31. The molecule has 0 amide bonds. The number of nitrogens with zero attached hydrogens (tertiary/aromatic N) is 2. The van der Waals surface area contributed by atoms with Crippen molar-refractivity contribution in [1.29, 1.82) is 0 Å². The van der Waals surface area contributed by atoms with E-state index in [-0.39, 0.29) is 29.8 Å². The van der Waals surface area contributed by atoms with Crippen LogP contribution in [-0.2, 0) is 11.2 Å². The molecule has 0 spiro atoms. The van der Waals surface area contributed by atoms with Crippen LogP contribution in [0.25, 0.3) is 0 Å². The van der Waals surface area contributed by atoms with Crippen LogP contribution in [0.2, 0.25) is 0 Å². The van der Waals surface area contributed by atoms with Gasteiger partial charge in [-0.25, -0.2) is 4.39 Å². The molecular formula is C17H29BrFIN4O. The number of likely N-dealkylation sites (N-methyl/N-ethyl adjacent to an activating group) is 1. The SMILES string of the molecule is CN=C(NCCc1ccc(F)c(Br)c1)NCCN(C)CCCOC.I. The van der Waals surface area contributed by atoms with Crippen molar-refractivity contribution in [3.8, 4) is 0 Å². The van der Waals surface area contributed by atoms with Gasteiger partial charge in [0.2, 0.25) is 0 Å². The second kappa shape index (κ2) is 14.7. The summed E-state index contributed by atoms with van der Waals surface area (Å²) in [7, 11) is 5.58. The maximum atomic E-state index is 13.2. The van der Waals surface area contributed by atoms with Gasteiger partial charge >= 0.3 is 0 Å². The predicted octanol–water partition coefficient (Wildman–Crippen LogP) is 2.88. The molecule has 0 radical (unpaired) electrons. The number of nitrogens with one attached hydrogen (secondary N) is 2. The van der Waals surface area contributed by atoms with Gasteiger partial charge in [-0.3, -0.25) is 4.99 Å². The highest BCUT2D eigenvalue weighted by molar-refractivity contribution is 14.0. The lowest BCUT2D eigenvalue weighted by Crippen LogP contribution is -2.41. The van der Waals surface area contributed by atoms with Crippen LogP contribution in [0.5, 0.6) is 0 Å². The summed E-state index contributed by atoms with van der Waals surface area (Å²) < 4.78 is 18.8. The molecule has 0 aromatic heterocycles. The maximum absolute atomic E-state index is 13.2. The third kappa shape index (κ3) is 11.0. The van der Waals surface area contributed by atoms with Gasteiger partial charge in [0.1, 0.15) is 5.82 Å². The molecule has 1 aromatic carbocycles. The van der Waals surface area contributed by atoms with Gasteiger partial charge in [0.05, 0.1) is 4.47 Å². The van der Waals surface area contributed by atoms with Crippen LogP contribution in [0.3, 0.4) is 0 Å². The van der Waals surface area contributed by atoms with Crippen molar-refractivity contribution >= 4 is 45.9 Å². The number of hydrogen-bond acceptors (Lipinski definition) is 3. The molecule has 0 atom stereocenters. The molecule has 0 aliphatic carbocycles. The molecule has 0 unspecified atom stereocenters. The van der Waals surface area contributed by atoms with E-state index in [4.69, 9.17) is 4.74 Å². The predicted molar refractivity (Wildman–Crippen MR) is 117 cm³/mol. The third-order valence-electron chi connectivity index (χ3n) is 3.59. The van der Waals surface area contributed by atoms with Gasteiger partial charge in [-0.2, -0.15) is 0 Å². The number of rotatable bonds is 10. The molecule has 1 rings (SSSR count). The Bertz CT molecular complexity index is 519. The Labute approximate surface area is 175 Å². The van der Waals surface area contributed by atoms with E-state index < -0.39 is 0 Å². The fourth-order valence-electron chi connectivity index (χ4n) is 2.20. The molecule has 0 bridgehead atoms. The molecule has 0 aliphatic rings. The Morgan fingerprint density at radius 3 is 2.64 bits per heavy atom. The summed E-state index contributed by atoms with van der Waals surface area (Å²) in [6, 6.07) is 5.08. The highest BCUT2D eigenvalue weighted by Gasteiger charge is 2.03. The molecule has 0 saturated carbocycles. The minimum absolute atomic E-state index is 0. The van der Waals surface area contributed by atoms with Crippen molar-refractivity contribution in [3.63, 3.8) is 0 Å². The molecule has 0 aliphatic heterocycles. The van der Waals surface area contributed by atoms with Crippen molar-refractivity contribution in [2.75, 3.05) is 54.0 Å². The van der Waals surface area contributed by atoms with Crippen molar-refractivity contribution in [2.24, 2.45) is 4.99 Å². The normalized spacial score (nSPS) is 11.4. The Morgan fingerprint density at radius 1 is 1.28 bits per heavy atom. The van der Waals surface area contributed by atoms with E-state index in [1.54, 1.807) is 20.2 Å². The molecule has 25 heavy (non-hydrogen) atoms. The highest BCUT2D eigenvalue weighted by atomic mass is 127. The summed E-state index contributed by atoms with van der Waals surface area (Å²) in [5.41, 5.74) is 1.07. The monoisotopic (exact) mass is 530 g/mol. The number of benzene rings is 1. The lowest BCUT2D eigenvalue weighted by atomic mass is 10.1. The van der Waals surface area contributed by atoms with Crippen LogP contribution in [0.4, 0.5) is 4.39 Å². The average Bonchev–Trinajstić information content (AvgIpc) is 2.57. The zero-order valence-electron chi connectivity index (χ0n) is 15.1. The molecule has 0 saturated heterocycles. The number of aliphatic imine (C=N–C) groups is 1. The van der Waals surface area contributed by atoms with Crippen LogP contribution in [0.1, 0.15) is 12.0 Å². The second-order valence-corrected chi connectivity index (χ2v) is 6.43. The molecule has 0 heterocycles. The molecule has 8 heteroatoms. The fourth-order valence-corrected chi connectivity index (χ4v) is 2.62. The fraction of sp³-hybridized carbons (Fsp3) is 0.588. The van der Waals surface area contributed by atoms with Gasteiger partial charge in [0.15, 0.2) is 5.96 Å². The maximum Gasteiger partial charge on any atom is 0.191 e. The van der Waals surface area contributed by atoms with Gasteiger partial charge in [-0.05, 0) is 53.5 Å². The number of halogens is 3. The highest BCUT2D eigenvalue weighted by Crippen LogP contribution is 2.16. The summed E-state index contributed by atoms with van der Waals surface area (Å²) in [5.74, 6) is 0.542. The van der Waals surface area contributed by atoms with Gasteiger partial charge in [-0.15, -0.1) is 24.0 Å². The molecule has 2 N–H and O–H groups in total. The van der Waals surface area contributed by atoms with Crippen molar-refractivity contribution in [1.82, 2.24) is 15.5 Å². The van der Waals surface area contributed by atoms with E-state index in [9.17, 15) is 4.39 Å². The first kappa shape index (κ1) is 24.6. The standard InChI is InChI=1S/C17H28BrFN4O.HI/c1-20-17(22-9-11-23(2)10-4-12-24-3)21-8-7-14-5-6-16(19)15(18)13-14;/h5-6,13H,4,7-12H2,1-3H3,(H2,20,21,22);1H. The molecule has 0 fully saturated rings. The van der Waals surface area contributed by atoms with Crippen molar-refractivity contribution < 1.29 is 9.13 Å². The molecule has 144 valence electrons. The zero-order chi connectivity index (χ0) is 17.8.